The second-order valence-corrected chi connectivity index (χ2v) is 4.82. The standard InChI is InChI=1S/C18H19NO3/c1-3-22-16-8-4-14(5-9-16)6-11-18(21)19-17-10-7-15(20)12-13(17)2/h4-12,20H,3H2,1-2H3,(H,19,21)/b11-6+. The van der Waals surface area contributed by atoms with Crippen LogP contribution in [0.2, 0.25) is 0 Å². The van der Waals surface area contributed by atoms with Gasteiger partial charge in [0, 0.05) is 11.8 Å². The zero-order valence-corrected chi connectivity index (χ0v) is 12.7. The van der Waals surface area contributed by atoms with Crippen molar-refractivity contribution in [2.45, 2.75) is 13.8 Å². The quantitative estimate of drug-likeness (QED) is 0.652. The van der Waals surface area contributed by atoms with Gasteiger partial charge in [-0.05, 0) is 61.4 Å². The van der Waals surface area contributed by atoms with Gasteiger partial charge in [-0.1, -0.05) is 12.1 Å². The van der Waals surface area contributed by atoms with Crippen LogP contribution in [0.5, 0.6) is 11.5 Å². The molecule has 0 saturated carbocycles. The summed E-state index contributed by atoms with van der Waals surface area (Å²) in [6, 6.07) is 12.3. The van der Waals surface area contributed by atoms with E-state index in [-0.39, 0.29) is 11.7 Å². The van der Waals surface area contributed by atoms with Gasteiger partial charge in [-0.2, -0.15) is 0 Å². The fraction of sp³-hybridized carbons (Fsp3) is 0.167. The summed E-state index contributed by atoms with van der Waals surface area (Å²) >= 11 is 0. The molecule has 1 amide bonds. The number of benzene rings is 2. The molecule has 0 fully saturated rings. The van der Waals surface area contributed by atoms with Gasteiger partial charge in [-0.25, -0.2) is 0 Å². The number of ether oxygens (including phenoxy) is 1. The monoisotopic (exact) mass is 297 g/mol. The van der Waals surface area contributed by atoms with Crippen molar-refractivity contribution in [3.8, 4) is 11.5 Å². The van der Waals surface area contributed by atoms with Crippen molar-refractivity contribution in [3.63, 3.8) is 0 Å². The Kier molecular flexibility index (Phi) is 5.20. The van der Waals surface area contributed by atoms with Crippen LogP contribution in [0.1, 0.15) is 18.1 Å². The molecule has 0 spiro atoms. The number of nitrogens with one attached hydrogen (secondary N) is 1. The van der Waals surface area contributed by atoms with Crippen molar-refractivity contribution in [1.82, 2.24) is 0 Å². The highest BCUT2D eigenvalue weighted by Gasteiger charge is 2.02. The minimum Gasteiger partial charge on any atom is -0.508 e. The molecule has 0 aliphatic rings. The lowest BCUT2D eigenvalue weighted by atomic mass is 10.2. The van der Waals surface area contributed by atoms with E-state index < -0.39 is 0 Å². The predicted molar refractivity (Wildman–Crippen MR) is 88.1 cm³/mol. The van der Waals surface area contributed by atoms with Gasteiger partial charge >= 0.3 is 0 Å². The highest BCUT2D eigenvalue weighted by atomic mass is 16.5. The first kappa shape index (κ1) is 15.6. The molecule has 2 aromatic rings. The predicted octanol–water partition coefficient (Wildman–Crippen LogP) is 3.75. The van der Waals surface area contributed by atoms with E-state index >= 15 is 0 Å². The van der Waals surface area contributed by atoms with Crippen molar-refractivity contribution in [3.05, 3.63) is 59.7 Å². The summed E-state index contributed by atoms with van der Waals surface area (Å²) in [5.41, 5.74) is 2.41. The Morgan fingerprint density at radius 1 is 1.23 bits per heavy atom. The number of anilines is 1. The number of aromatic hydroxyl groups is 1. The third kappa shape index (κ3) is 4.38. The Balaban J connectivity index is 1.98. The Bertz CT molecular complexity index is 675. The first-order valence-corrected chi connectivity index (χ1v) is 7.10. The first-order valence-electron chi connectivity index (χ1n) is 7.10. The van der Waals surface area contributed by atoms with Crippen LogP contribution in [0, 0.1) is 6.92 Å². The first-order chi connectivity index (χ1) is 10.6. The van der Waals surface area contributed by atoms with Crippen molar-refractivity contribution >= 4 is 17.7 Å². The Labute approximate surface area is 130 Å². The number of carbonyl (C=O) groups excluding carboxylic acids is 1. The van der Waals surface area contributed by atoms with E-state index in [9.17, 15) is 9.90 Å². The summed E-state index contributed by atoms with van der Waals surface area (Å²) in [5.74, 6) is 0.770. The highest BCUT2D eigenvalue weighted by Crippen LogP contribution is 2.20. The maximum Gasteiger partial charge on any atom is 0.248 e. The van der Waals surface area contributed by atoms with Crippen LogP contribution in [0.15, 0.2) is 48.5 Å². The lowest BCUT2D eigenvalue weighted by Gasteiger charge is -2.06. The zero-order valence-electron chi connectivity index (χ0n) is 12.7. The van der Waals surface area contributed by atoms with Crippen LogP contribution in [-0.2, 0) is 4.79 Å². The molecule has 4 heteroatoms. The van der Waals surface area contributed by atoms with Crippen molar-refractivity contribution in [2.75, 3.05) is 11.9 Å². The minimum atomic E-state index is -0.220. The van der Waals surface area contributed by atoms with Gasteiger partial charge in [0.2, 0.25) is 5.91 Å². The molecular weight excluding hydrogens is 278 g/mol. The summed E-state index contributed by atoms with van der Waals surface area (Å²) in [7, 11) is 0. The van der Waals surface area contributed by atoms with Crippen LogP contribution >= 0.6 is 0 Å². The van der Waals surface area contributed by atoms with E-state index in [4.69, 9.17) is 4.74 Å². The fourth-order valence-electron chi connectivity index (χ4n) is 1.98. The maximum atomic E-state index is 11.9. The van der Waals surface area contributed by atoms with Gasteiger partial charge in [-0.15, -0.1) is 0 Å². The summed E-state index contributed by atoms with van der Waals surface area (Å²) < 4.78 is 5.36. The second-order valence-electron chi connectivity index (χ2n) is 4.82. The Morgan fingerprint density at radius 3 is 2.59 bits per heavy atom. The number of rotatable bonds is 5. The molecule has 0 radical (unpaired) electrons. The van der Waals surface area contributed by atoms with E-state index in [1.807, 2.05) is 38.1 Å². The van der Waals surface area contributed by atoms with Gasteiger partial charge in [-0.3, -0.25) is 4.79 Å². The molecule has 114 valence electrons. The number of aryl methyl sites for hydroxylation is 1. The van der Waals surface area contributed by atoms with E-state index in [0.29, 0.717) is 12.3 Å². The molecule has 0 aliphatic heterocycles. The molecule has 2 N–H and O–H groups in total. The number of amides is 1. The molecule has 4 nitrogen and oxygen atoms in total. The fourth-order valence-corrected chi connectivity index (χ4v) is 1.98. The molecule has 2 aromatic carbocycles. The number of carbonyl (C=O) groups is 1. The molecule has 0 unspecified atom stereocenters. The highest BCUT2D eigenvalue weighted by molar-refractivity contribution is 6.02. The summed E-state index contributed by atoms with van der Waals surface area (Å²) in [6.07, 6.45) is 3.21. The van der Waals surface area contributed by atoms with Gasteiger partial charge in [0.05, 0.1) is 6.61 Å². The molecular formula is C18H19NO3. The van der Waals surface area contributed by atoms with Crippen molar-refractivity contribution < 1.29 is 14.6 Å². The number of phenolic OH excluding ortho intramolecular Hbond substituents is 1. The van der Waals surface area contributed by atoms with E-state index in [1.165, 1.54) is 6.08 Å². The molecule has 0 saturated heterocycles. The van der Waals surface area contributed by atoms with E-state index in [2.05, 4.69) is 5.32 Å². The third-order valence-electron chi connectivity index (χ3n) is 3.09. The maximum absolute atomic E-state index is 11.9. The summed E-state index contributed by atoms with van der Waals surface area (Å²) in [4.78, 5) is 11.9. The average molecular weight is 297 g/mol. The second kappa shape index (κ2) is 7.31. The van der Waals surface area contributed by atoms with Gasteiger partial charge in [0.1, 0.15) is 11.5 Å². The van der Waals surface area contributed by atoms with E-state index in [1.54, 1.807) is 24.3 Å². The Morgan fingerprint density at radius 2 is 1.95 bits per heavy atom. The summed E-state index contributed by atoms with van der Waals surface area (Å²) in [5, 5.41) is 12.1. The molecule has 0 aliphatic carbocycles. The van der Waals surface area contributed by atoms with Gasteiger partial charge < -0.3 is 15.2 Å². The smallest absolute Gasteiger partial charge is 0.248 e. The molecule has 2 rings (SSSR count). The number of hydrogen-bond acceptors (Lipinski definition) is 3. The van der Waals surface area contributed by atoms with Crippen LogP contribution in [0.3, 0.4) is 0 Å². The van der Waals surface area contributed by atoms with Gasteiger partial charge in [0.25, 0.3) is 0 Å². The minimum absolute atomic E-state index is 0.181. The number of phenols is 1. The lowest BCUT2D eigenvalue weighted by Crippen LogP contribution is -2.08. The van der Waals surface area contributed by atoms with Crippen LogP contribution in [-0.4, -0.2) is 17.6 Å². The van der Waals surface area contributed by atoms with Gasteiger partial charge in [0.15, 0.2) is 0 Å². The summed E-state index contributed by atoms with van der Waals surface area (Å²) in [6.45, 7) is 4.39. The lowest BCUT2D eigenvalue weighted by molar-refractivity contribution is -0.111. The SMILES string of the molecule is CCOc1ccc(/C=C/C(=O)Nc2ccc(O)cc2C)cc1. The molecule has 0 bridgehead atoms. The molecule has 0 atom stereocenters. The zero-order chi connectivity index (χ0) is 15.9. The molecule has 0 aromatic heterocycles. The molecule has 0 heterocycles. The third-order valence-corrected chi connectivity index (χ3v) is 3.09. The molecule has 22 heavy (non-hydrogen) atoms. The van der Waals surface area contributed by atoms with Crippen molar-refractivity contribution in [2.24, 2.45) is 0 Å². The normalized spacial score (nSPS) is 10.6. The van der Waals surface area contributed by atoms with Crippen LogP contribution in [0.4, 0.5) is 5.69 Å². The average Bonchev–Trinajstić information content (AvgIpc) is 2.50. The van der Waals surface area contributed by atoms with Crippen molar-refractivity contribution in [1.29, 1.82) is 0 Å². The van der Waals surface area contributed by atoms with Crippen LogP contribution in [0.25, 0.3) is 6.08 Å². The largest absolute Gasteiger partial charge is 0.508 e. The topological polar surface area (TPSA) is 58.6 Å². The Hall–Kier alpha value is -2.75. The van der Waals surface area contributed by atoms with Crippen LogP contribution < -0.4 is 10.1 Å². The number of hydrogen-bond donors (Lipinski definition) is 2. The van der Waals surface area contributed by atoms with E-state index in [0.717, 1.165) is 16.9 Å².